The SMILES string of the molecule is CC1(C)C=Cc2c(F)cc(F)cc2N1. The molecule has 0 bridgehead atoms. The fraction of sp³-hybridized carbons (Fsp3) is 0.273. The van der Waals surface area contributed by atoms with E-state index >= 15 is 0 Å². The monoisotopic (exact) mass is 195 g/mol. The van der Waals surface area contributed by atoms with E-state index in [0.29, 0.717) is 11.3 Å². The Hall–Kier alpha value is -1.38. The minimum atomic E-state index is -0.556. The average molecular weight is 195 g/mol. The summed E-state index contributed by atoms with van der Waals surface area (Å²) >= 11 is 0. The van der Waals surface area contributed by atoms with Crippen LogP contribution < -0.4 is 5.32 Å². The van der Waals surface area contributed by atoms with E-state index < -0.39 is 11.6 Å². The predicted molar refractivity (Wildman–Crippen MR) is 53.1 cm³/mol. The van der Waals surface area contributed by atoms with Crippen LogP contribution in [0.3, 0.4) is 0 Å². The Morgan fingerprint density at radius 1 is 1.21 bits per heavy atom. The first-order chi connectivity index (χ1) is 6.48. The third kappa shape index (κ3) is 1.50. The number of hydrogen-bond donors (Lipinski definition) is 1. The molecular formula is C11H11F2N. The Balaban J connectivity index is 2.56. The molecule has 0 unspecified atom stereocenters. The number of halogens is 2. The van der Waals surface area contributed by atoms with Crippen LogP contribution in [-0.4, -0.2) is 5.54 Å². The van der Waals surface area contributed by atoms with Crippen molar-refractivity contribution in [3.8, 4) is 0 Å². The van der Waals surface area contributed by atoms with Gasteiger partial charge in [-0.2, -0.15) is 0 Å². The molecule has 1 heterocycles. The van der Waals surface area contributed by atoms with Gasteiger partial charge in [0.2, 0.25) is 0 Å². The molecule has 14 heavy (non-hydrogen) atoms. The van der Waals surface area contributed by atoms with Crippen molar-refractivity contribution >= 4 is 11.8 Å². The Labute approximate surface area is 81.4 Å². The number of rotatable bonds is 0. The standard InChI is InChI=1S/C11H11F2N/c1-11(2)4-3-8-9(13)5-7(12)6-10(8)14-11/h3-6,14H,1-2H3. The minimum Gasteiger partial charge on any atom is -0.376 e. The van der Waals surface area contributed by atoms with Crippen LogP contribution in [-0.2, 0) is 0 Å². The average Bonchev–Trinajstić information content (AvgIpc) is 2.00. The third-order valence-electron chi connectivity index (χ3n) is 2.22. The molecule has 0 radical (unpaired) electrons. The number of anilines is 1. The zero-order chi connectivity index (χ0) is 10.3. The van der Waals surface area contributed by atoms with Crippen LogP contribution in [0.2, 0.25) is 0 Å². The number of fused-ring (bicyclic) bond motifs is 1. The quantitative estimate of drug-likeness (QED) is 0.670. The first-order valence-corrected chi connectivity index (χ1v) is 4.44. The second-order valence-corrected chi connectivity index (χ2v) is 4.03. The lowest BCUT2D eigenvalue weighted by atomic mass is 9.96. The van der Waals surface area contributed by atoms with Crippen LogP contribution in [0.15, 0.2) is 18.2 Å². The van der Waals surface area contributed by atoms with Crippen molar-refractivity contribution in [3.05, 3.63) is 35.4 Å². The van der Waals surface area contributed by atoms with Crippen LogP contribution in [0.5, 0.6) is 0 Å². The molecule has 3 heteroatoms. The summed E-state index contributed by atoms with van der Waals surface area (Å²) in [6, 6.07) is 2.20. The van der Waals surface area contributed by atoms with Crippen LogP contribution in [0.25, 0.3) is 6.08 Å². The zero-order valence-electron chi connectivity index (χ0n) is 8.07. The maximum atomic E-state index is 13.3. The zero-order valence-corrected chi connectivity index (χ0v) is 8.07. The van der Waals surface area contributed by atoms with Gasteiger partial charge in [-0.3, -0.25) is 0 Å². The lowest BCUT2D eigenvalue weighted by Gasteiger charge is -2.29. The molecule has 0 fully saturated rings. The third-order valence-corrected chi connectivity index (χ3v) is 2.22. The summed E-state index contributed by atoms with van der Waals surface area (Å²) in [4.78, 5) is 0. The molecule has 0 saturated carbocycles. The van der Waals surface area contributed by atoms with Crippen molar-refractivity contribution < 1.29 is 8.78 Å². The van der Waals surface area contributed by atoms with E-state index in [4.69, 9.17) is 0 Å². The molecule has 1 nitrogen and oxygen atoms in total. The van der Waals surface area contributed by atoms with Gasteiger partial charge in [0.1, 0.15) is 11.6 Å². The highest BCUT2D eigenvalue weighted by Crippen LogP contribution is 2.30. The maximum Gasteiger partial charge on any atom is 0.135 e. The van der Waals surface area contributed by atoms with Crippen LogP contribution in [0.1, 0.15) is 19.4 Å². The topological polar surface area (TPSA) is 12.0 Å². The highest BCUT2D eigenvalue weighted by Gasteiger charge is 2.21. The van der Waals surface area contributed by atoms with E-state index in [1.54, 1.807) is 6.08 Å². The van der Waals surface area contributed by atoms with Crippen LogP contribution in [0, 0.1) is 11.6 Å². The van der Waals surface area contributed by atoms with Crippen molar-refractivity contribution in [2.45, 2.75) is 19.4 Å². The van der Waals surface area contributed by atoms with Crippen molar-refractivity contribution in [3.63, 3.8) is 0 Å². The Kier molecular flexibility index (Phi) is 1.84. The molecule has 0 saturated heterocycles. The van der Waals surface area contributed by atoms with Crippen molar-refractivity contribution in [1.29, 1.82) is 0 Å². The molecule has 1 aliphatic rings. The summed E-state index contributed by atoms with van der Waals surface area (Å²) in [6.45, 7) is 3.88. The molecule has 1 aromatic rings. The first kappa shape index (κ1) is 9.19. The molecule has 1 N–H and O–H groups in total. The summed E-state index contributed by atoms with van der Waals surface area (Å²) in [5.74, 6) is -1.08. The van der Waals surface area contributed by atoms with Crippen LogP contribution in [0.4, 0.5) is 14.5 Å². The molecule has 1 aliphatic heterocycles. The molecule has 0 atom stereocenters. The normalized spacial score (nSPS) is 17.4. The largest absolute Gasteiger partial charge is 0.376 e. The Bertz CT molecular complexity index is 408. The van der Waals surface area contributed by atoms with E-state index in [1.165, 1.54) is 6.07 Å². The Morgan fingerprint density at radius 2 is 1.93 bits per heavy atom. The number of nitrogens with one attached hydrogen (secondary N) is 1. The summed E-state index contributed by atoms with van der Waals surface area (Å²) in [7, 11) is 0. The second-order valence-electron chi connectivity index (χ2n) is 4.03. The van der Waals surface area contributed by atoms with Gasteiger partial charge in [-0.05, 0) is 19.9 Å². The van der Waals surface area contributed by atoms with Crippen molar-refractivity contribution in [2.75, 3.05) is 5.32 Å². The number of benzene rings is 1. The van der Waals surface area contributed by atoms with E-state index in [0.717, 1.165) is 6.07 Å². The van der Waals surface area contributed by atoms with Crippen molar-refractivity contribution in [2.24, 2.45) is 0 Å². The Morgan fingerprint density at radius 3 is 2.64 bits per heavy atom. The minimum absolute atomic E-state index is 0.257. The van der Waals surface area contributed by atoms with Gasteiger partial charge in [-0.15, -0.1) is 0 Å². The maximum absolute atomic E-state index is 13.3. The number of hydrogen-bond acceptors (Lipinski definition) is 1. The molecule has 2 rings (SSSR count). The van der Waals surface area contributed by atoms with Gasteiger partial charge in [-0.1, -0.05) is 12.2 Å². The molecule has 0 amide bonds. The second kappa shape index (κ2) is 2.80. The summed E-state index contributed by atoms with van der Waals surface area (Å²) in [6.07, 6.45) is 3.54. The lowest BCUT2D eigenvalue weighted by Crippen LogP contribution is -2.30. The fourth-order valence-electron chi connectivity index (χ4n) is 1.54. The fourth-order valence-corrected chi connectivity index (χ4v) is 1.54. The van der Waals surface area contributed by atoms with Gasteiger partial charge in [-0.25, -0.2) is 8.78 Å². The van der Waals surface area contributed by atoms with Gasteiger partial charge >= 0.3 is 0 Å². The highest BCUT2D eigenvalue weighted by molar-refractivity contribution is 5.72. The smallest absolute Gasteiger partial charge is 0.135 e. The van der Waals surface area contributed by atoms with Crippen molar-refractivity contribution in [1.82, 2.24) is 0 Å². The molecule has 1 aromatic carbocycles. The van der Waals surface area contributed by atoms with E-state index in [1.807, 2.05) is 19.9 Å². The highest BCUT2D eigenvalue weighted by atomic mass is 19.1. The van der Waals surface area contributed by atoms with Gasteiger partial charge < -0.3 is 5.32 Å². The van der Waals surface area contributed by atoms with E-state index in [9.17, 15) is 8.78 Å². The van der Waals surface area contributed by atoms with Gasteiger partial charge in [0, 0.05) is 17.3 Å². The molecule has 74 valence electrons. The summed E-state index contributed by atoms with van der Waals surface area (Å²) < 4.78 is 26.2. The molecule has 0 aromatic heterocycles. The van der Waals surface area contributed by atoms with Gasteiger partial charge in [0.25, 0.3) is 0 Å². The molecule has 0 spiro atoms. The molecule has 0 aliphatic carbocycles. The molecular weight excluding hydrogens is 184 g/mol. The summed E-state index contributed by atoms with van der Waals surface area (Å²) in [5.41, 5.74) is 0.675. The van der Waals surface area contributed by atoms with E-state index in [2.05, 4.69) is 5.32 Å². The van der Waals surface area contributed by atoms with Gasteiger partial charge in [0.15, 0.2) is 0 Å². The predicted octanol–water partition coefficient (Wildman–Crippen LogP) is 3.18. The summed E-state index contributed by atoms with van der Waals surface area (Å²) in [5, 5.41) is 3.05. The van der Waals surface area contributed by atoms with E-state index in [-0.39, 0.29) is 5.54 Å². The van der Waals surface area contributed by atoms with Gasteiger partial charge in [0.05, 0.1) is 5.54 Å². The van der Waals surface area contributed by atoms with Crippen LogP contribution >= 0.6 is 0 Å². The lowest BCUT2D eigenvalue weighted by molar-refractivity contribution is 0.579. The first-order valence-electron chi connectivity index (χ1n) is 4.44.